The van der Waals surface area contributed by atoms with Crippen LogP contribution in [0.5, 0.6) is 0 Å². The van der Waals surface area contributed by atoms with Gasteiger partial charge in [0, 0.05) is 25.8 Å². The summed E-state index contributed by atoms with van der Waals surface area (Å²) >= 11 is 0. The predicted molar refractivity (Wildman–Crippen MR) is 152 cm³/mol. The van der Waals surface area contributed by atoms with E-state index in [1.807, 2.05) is 0 Å². The van der Waals surface area contributed by atoms with Crippen LogP contribution < -0.4 is 15.7 Å². The summed E-state index contributed by atoms with van der Waals surface area (Å²) < 4.78 is 0. The van der Waals surface area contributed by atoms with Crippen molar-refractivity contribution in [2.24, 2.45) is 0 Å². The van der Waals surface area contributed by atoms with Gasteiger partial charge in [-0.3, -0.25) is 24.3 Å². The van der Waals surface area contributed by atoms with Crippen LogP contribution in [-0.4, -0.2) is 63.7 Å². The Bertz CT molecular complexity index is 723. The average Bonchev–Trinajstić information content (AvgIpc) is 2.88. The average molecular weight is 576 g/mol. The van der Waals surface area contributed by atoms with E-state index in [0.717, 1.165) is 51.4 Å². The minimum absolute atomic E-state index is 0.00725. The molecule has 0 aromatic heterocycles. The fourth-order valence-corrected chi connectivity index (χ4v) is 4.51. The molecule has 226 valence electrons. The molecule has 2 unspecified atom stereocenters. The van der Waals surface area contributed by atoms with Gasteiger partial charge in [0.2, 0.25) is 11.8 Å². The number of carbonyl (C=O) groups excluding carboxylic acids is 2. The van der Waals surface area contributed by atoms with Gasteiger partial charge in [-0.15, -0.1) is 0 Å². The minimum atomic E-state index is -1.17. The molecular weight excluding hydrogens is 525 g/mol. The molecule has 2 amide bonds. The van der Waals surface area contributed by atoms with Gasteiger partial charge in [0.15, 0.2) is 0 Å². The summed E-state index contributed by atoms with van der Waals surface area (Å²) in [5.41, 5.74) is 0. The summed E-state index contributed by atoms with van der Waals surface area (Å²) in [6.07, 6.45) is 14.7. The molecule has 0 heterocycles. The molecule has 0 aliphatic carbocycles. The van der Waals surface area contributed by atoms with Crippen LogP contribution in [-0.2, 0) is 24.0 Å². The van der Waals surface area contributed by atoms with Gasteiger partial charge in [-0.1, -0.05) is 73.6 Å². The lowest BCUT2D eigenvalue weighted by molar-refractivity contribution is -0.142. The molecule has 0 aliphatic rings. The van der Waals surface area contributed by atoms with Crippen LogP contribution in [0.25, 0.3) is 0 Å². The second-order valence-corrected chi connectivity index (χ2v) is 10.4. The third-order valence-electron chi connectivity index (χ3n) is 6.58. The van der Waals surface area contributed by atoms with E-state index in [1.165, 1.54) is 19.3 Å². The number of carboxylic acid groups (broad SMARTS) is 3. The Kier molecular flexibility index (Phi) is 23.3. The Hall–Kier alpha value is -2.26. The van der Waals surface area contributed by atoms with Gasteiger partial charge in [-0.05, 0) is 38.5 Å². The molecule has 0 fully saturated rings. The van der Waals surface area contributed by atoms with E-state index in [-0.39, 0.29) is 37.5 Å². The molecule has 3 atom stereocenters. The van der Waals surface area contributed by atoms with Crippen LogP contribution >= 0.6 is 9.39 Å². The fraction of sp³-hybridized carbons (Fsp3) is 0.815. The van der Waals surface area contributed by atoms with Crippen LogP contribution in [0.1, 0.15) is 122 Å². The lowest BCUT2D eigenvalue weighted by Gasteiger charge is -2.14. The SMILES string of the molecule is O=C(O)CCCCCCCCCCCCCCC(=O)NC(CCC(=O)NCCCC[C@H](NP)C(=O)O)C(=O)O. The topological polar surface area (TPSA) is 182 Å². The van der Waals surface area contributed by atoms with E-state index in [4.69, 9.17) is 10.2 Å². The molecule has 0 saturated heterocycles. The molecule has 0 aliphatic heterocycles. The molecule has 6 N–H and O–H groups in total. The standard InChI is InChI=1S/C27H50N3O8P/c31-23(28-20-14-13-15-22(30-39)27(37)38)19-18-21(26(35)36)29-24(32)16-11-9-7-5-3-1-2-4-6-8-10-12-17-25(33)34/h21-22,30H,1-20,39H2,(H,28,31)(H,29,32)(H,33,34)(H,35,36)(H,37,38)/t21?,22-/m0/s1. The van der Waals surface area contributed by atoms with Crippen molar-refractivity contribution in [3.05, 3.63) is 0 Å². The number of hydrogen-bond acceptors (Lipinski definition) is 6. The normalized spacial score (nSPS) is 12.4. The second kappa shape index (κ2) is 24.8. The molecule has 0 bridgehead atoms. The highest BCUT2D eigenvalue weighted by Crippen LogP contribution is 2.13. The zero-order valence-electron chi connectivity index (χ0n) is 23.3. The number of unbranched alkanes of at least 4 members (excludes halogenated alkanes) is 12. The van der Waals surface area contributed by atoms with Crippen LogP contribution in [0.15, 0.2) is 0 Å². The molecule has 0 spiro atoms. The maximum atomic E-state index is 12.2. The van der Waals surface area contributed by atoms with E-state index in [1.54, 1.807) is 0 Å². The molecule has 39 heavy (non-hydrogen) atoms. The largest absolute Gasteiger partial charge is 0.481 e. The van der Waals surface area contributed by atoms with Crippen molar-refractivity contribution in [3.8, 4) is 0 Å². The molecule has 12 heteroatoms. The molecule has 0 rings (SSSR count). The Labute approximate surface area is 234 Å². The first-order valence-corrected chi connectivity index (χ1v) is 14.9. The van der Waals surface area contributed by atoms with Crippen molar-refractivity contribution in [1.29, 1.82) is 0 Å². The van der Waals surface area contributed by atoms with Gasteiger partial charge in [-0.25, -0.2) is 4.79 Å². The van der Waals surface area contributed by atoms with Gasteiger partial charge < -0.3 is 26.0 Å². The zero-order chi connectivity index (χ0) is 29.3. The monoisotopic (exact) mass is 575 g/mol. The number of amides is 2. The summed E-state index contributed by atoms with van der Waals surface area (Å²) in [5, 5.41) is 34.8. The third-order valence-corrected chi connectivity index (χ3v) is 6.98. The summed E-state index contributed by atoms with van der Waals surface area (Å²) in [6, 6.07) is -1.76. The van der Waals surface area contributed by atoms with Crippen molar-refractivity contribution >= 4 is 39.1 Å². The van der Waals surface area contributed by atoms with Crippen LogP contribution in [0.2, 0.25) is 0 Å². The van der Waals surface area contributed by atoms with Crippen molar-refractivity contribution < 1.29 is 39.3 Å². The number of nitrogens with one attached hydrogen (secondary N) is 3. The first-order valence-electron chi connectivity index (χ1n) is 14.4. The second-order valence-electron chi connectivity index (χ2n) is 10.0. The van der Waals surface area contributed by atoms with Crippen molar-refractivity contribution in [1.82, 2.24) is 15.7 Å². The van der Waals surface area contributed by atoms with Crippen molar-refractivity contribution in [2.45, 2.75) is 134 Å². The first-order chi connectivity index (χ1) is 18.7. The molecule has 0 aromatic carbocycles. The van der Waals surface area contributed by atoms with Crippen LogP contribution in [0, 0.1) is 0 Å². The van der Waals surface area contributed by atoms with Crippen LogP contribution in [0.3, 0.4) is 0 Å². The lowest BCUT2D eigenvalue weighted by atomic mass is 10.0. The minimum Gasteiger partial charge on any atom is -0.481 e. The summed E-state index contributed by atoms with van der Waals surface area (Å²) in [5.74, 6) is -3.44. The Morgan fingerprint density at radius 2 is 1.03 bits per heavy atom. The van der Waals surface area contributed by atoms with Gasteiger partial charge in [-0.2, -0.15) is 0 Å². The zero-order valence-corrected chi connectivity index (χ0v) is 24.4. The maximum absolute atomic E-state index is 12.2. The fourth-order valence-electron chi connectivity index (χ4n) is 4.20. The molecular formula is C27H50N3O8P. The van der Waals surface area contributed by atoms with Gasteiger partial charge in [0.1, 0.15) is 12.1 Å². The summed E-state index contributed by atoms with van der Waals surface area (Å²) in [4.78, 5) is 57.0. The third kappa shape index (κ3) is 23.4. The number of aliphatic carboxylic acids is 3. The molecule has 11 nitrogen and oxygen atoms in total. The smallest absolute Gasteiger partial charge is 0.326 e. The quantitative estimate of drug-likeness (QED) is 0.0623. The number of carboxylic acids is 3. The van der Waals surface area contributed by atoms with Crippen molar-refractivity contribution in [2.75, 3.05) is 6.54 Å². The predicted octanol–water partition coefficient (Wildman–Crippen LogP) is 4.00. The van der Waals surface area contributed by atoms with E-state index < -0.39 is 30.0 Å². The van der Waals surface area contributed by atoms with Gasteiger partial charge in [0.25, 0.3) is 0 Å². The lowest BCUT2D eigenvalue weighted by Crippen LogP contribution is -2.41. The number of rotatable bonds is 27. The Morgan fingerprint density at radius 1 is 0.538 bits per heavy atom. The molecule has 0 aromatic rings. The molecule has 0 radical (unpaired) electrons. The Morgan fingerprint density at radius 3 is 1.49 bits per heavy atom. The van der Waals surface area contributed by atoms with Gasteiger partial charge >= 0.3 is 17.9 Å². The number of carbonyl (C=O) groups is 5. The first kappa shape index (κ1) is 36.7. The maximum Gasteiger partial charge on any atom is 0.326 e. The van der Waals surface area contributed by atoms with E-state index in [0.29, 0.717) is 32.2 Å². The van der Waals surface area contributed by atoms with E-state index in [9.17, 15) is 29.1 Å². The van der Waals surface area contributed by atoms with Crippen LogP contribution in [0.4, 0.5) is 0 Å². The van der Waals surface area contributed by atoms with E-state index in [2.05, 4.69) is 25.1 Å². The highest BCUT2D eigenvalue weighted by molar-refractivity contribution is 7.13. The highest BCUT2D eigenvalue weighted by Gasteiger charge is 2.21. The van der Waals surface area contributed by atoms with E-state index >= 15 is 0 Å². The van der Waals surface area contributed by atoms with Crippen molar-refractivity contribution in [3.63, 3.8) is 0 Å². The highest BCUT2D eigenvalue weighted by atomic mass is 31.0. The van der Waals surface area contributed by atoms with Gasteiger partial charge in [0.05, 0.1) is 0 Å². The summed E-state index contributed by atoms with van der Waals surface area (Å²) in [6.45, 7) is 0.377. The molecule has 0 saturated carbocycles. The Balaban J connectivity index is 3.78. The number of hydrogen-bond donors (Lipinski definition) is 6. The summed E-state index contributed by atoms with van der Waals surface area (Å²) in [7, 11) is 2.18.